The predicted octanol–water partition coefficient (Wildman–Crippen LogP) is 1.17. The van der Waals surface area contributed by atoms with Gasteiger partial charge in [0.1, 0.15) is 17.5 Å². The SMILES string of the molecule is CCN(C)c1cc(N2CCCC(N)C2)nc(C)n1. The molecule has 1 aliphatic heterocycles. The number of hydrogen-bond donors (Lipinski definition) is 1. The standard InChI is InChI=1S/C13H23N5/c1-4-17(3)12-8-13(16-10(2)15-12)18-7-5-6-11(14)9-18/h8,11H,4-7,9,14H2,1-3H3. The third-order valence-corrected chi connectivity index (χ3v) is 3.46. The zero-order valence-corrected chi connectivity index (χ0v) is 11.6. The molecule has 0 amide bonds. The van der Waals surface area contributed by atoms with E-state index in [1.165, 1.54) is 0 Å². The lowest BCUT2D eigenvalue weighted by Gasteiger charge is -2.32. The van der Waals surface area contributed by atoms with Gasteiger partial charge in [0.2, 0.25) is 0 Å². The molecule has 0 saturated carbocycles. The molecule has 0 radical (unpaired) electrons. The minimum absolute atomic E-state index is 0.265. The first-order valence-electron chi connectivity index (χ1n) is 6.67. The largest absolute Gasteiger partial charge is 0.360 e. The third-order valence-electron chi connectivity index (χ3n) is 3.46. The Bertz CT molecular complexity index is 406. The van der Waals surface area contributed by atoms with Gasteiger partial charge in [-0.25, -0.2) is 9.97 Å². The molecule has 5 heteroatoms. The van der Waals surface area contributed by atoms with Crippen molar-refractivity contribution in [3.8, 4) is 0 Å². The smallest absolute Gasteiger partial charge is 0.134 e. The van der Waals surface area contributed by atoms with Crippen LogP contribution >= 0.6 is 0 Å². The Hall–Kier alpha value is -1.36. The van der Waals surface area contributed by atoms with Crippen molar-refractivity contribution < 1.29 is 0 Å². The van der Waals surface area contributed by atoms with Gasteiger partial charge in [-0.2, -0.15) is 0 Å². The second kappa shape index (κ2) is 5.52. The van der Waals surface area contributed by atoms with Gasteiger partial charge < -0.3 is 15.5 Å². The molecule has 1 aliphatic rings. The minimum Gasteiger partial charge on any atom is -0.360 e. The highest BCUT2D eigenvalue weighted by molar-refractivity contribution is 5.51. The molecule has 1 aromatic rings. The summed E-state index contributed by atoms with van der Waals surface area (Å²) in [6.45, 7) is 6.94. The maximum absolute atomic E-state index is 6.03. The van der Waals surface area contributed by atoms with Gasteiger partial charge in [-0.3, -0.25) is 0 Å². The van der Waals surface area contributed by atoms with Crippen molar-refractivity contribution >= 4 is 11.6 Å². The number of piperidine rings is 1. The van der Waals surface area contributed by atoms with E-state index in [1.807, 2.05) is 14.0 Å². The maximum Gasteiger partial charge on any atom is 0.134 e. The fourth-order valence-electron chi connectivity index (χ4n) is 2.27. The molecule has 1 saturated heterocycles. The highest BCUT2D eigenvalue weighted by Gasteiger charge is 2.19. The van der Waals surface area contributed by atoms with Crippen molar-refractivity contribution in [2.24, 2.45) is 5.73 Å². The summed E-state index contributed by atoms with van der Waals surface area (Å²) in [7, 11) is 2.05. The van der Waals surface area contributed by atoms with Gasteiger partial charge in [-0.05, 0) is 26.7 Å². The van der Waals surface area contributed by atoms with E-state index >= 15 is 0 Å². The number of rotatable bonds is 3. The summed E-state index contributed by atoms with van der Waals surface area (Å²) in [6, 6.07) is 2.33. The summed E-state index contributed by atoms with van der Waals surface area (Å²) in [6.07, 6.45) is 2.26. The van der Waals surface area contributed by atoms with Crippen LogP contribution in [0.25, 0.3) is 0 Å². The number of hydrogen-bond acceptors (Lipinski definition) is 5. The van der Waals surface area contributed by atoms with E-state index in [-0.39, 0.29) is 6.04 Å². The fraction of sp³-hybridized carbons (Fsp3) is 0.692. The van der Waals surface area contributed by atoms with Crippen LogP contribution in [0.15, 0.2) is 6.07 Å². The molecule has 18 heavy (non-hydrogen) atoms. The summed E-state index contributed by atoms with van der Waals surface area (Å²) in [5, 5.41) is 0. The average Bonchev–Trinajstić information content (AvgIpc) is 2.37. The summed E-state index contributed by atoms with van der Waals surface area (Å²) < 4.78 is 0. The van der Waals surface area contributed by atoms with Crippen molar-refractivity contribution in [2.75, 3.05) is 36.5 Å². The lowest BCUT2D eigenvalue weighted by atomic mass is 10.1. The second-order valence-electron chi connectivity index (χ2n) is 4.99. The molecule has 1 aromatic heterocycles. The topological polar surface area (TPSA) is 58.3 Å². The van der Waals surface area contributed by atoms with Gasteiger partial charge in [-0.1, -0.05) is 0 Å². The van der Waals surface area contributed by atoms with Crippen molar-refractivity contribution in [1.29, 1.82) is 0 Å². The van der Waals surface area contributed by atoms with Crippen LogP contribution in [-0.4, -0.2) is 42.7 Å². The van der Waals surface area contributed by atoms with Gasteiger partial charge in [-0.15, -0.1) is 0 Å². The first-order valence-corrected chi connectivity index (χ1v) is 6.67. The number of anilines is 2. The number of aryl methyl sites for hydroxylation is 1. The number of nitrogens with zero attached hydrogens (tertiary/aromatic N) is 4. The lowest BCUT2D eigenvalue weighted by Crippen LogP contribution is -2.43. The Morgan fingerprint density at radius 1 is 1.50 bits per heavy atom. The Morgan fingerprint density at radius 3 is 2.94 bits per heavy atom. The maximum atomic E-state index is 6.03. The number of aromatic nitrogens is 2. The molecule has 100 valence electrons. The van der Waals surface area contributed by atoms with E-state index in [2.05, 4.69) is 32.8 Å². The Morgan fingerprint density at radius 2 is 2.28 bits per heavy atom. The van der Waals surface area contributed by atoms with Crippen molar-refractivity contribution in [3.05, 3.63) is 11.9 Å². The zero-order valence-electron chi connectivity index (χ0n) is 11.6. The minimum atomic E-state index is 0.265. The predicted molar refractivity (Wildman–Crippen MR) is 75.1 cm³/mol. The summed E-state index contributed by atoms with van der Waals surface area (Å²) in [5.74, 6) is 2.81. The van der Waals surface area contributed by atoms with Gasteiger partial charge >= 0.3 is 0 Å². The average molecular weight is 249 g/mol. The highest BCUT2D eigenvalue weighted by atomic mass is 15.2. The molecule has 2 heterocycles. The van der Waals surface area contributed by atoms with Crippen molar-refractivity contribution in [1.82, 2.24) is 9.97 Å². The van der Waals surface area contributed by atoms with Crippen molar-refractivity contribution in [2.45, 2.75) is 32.7 Å². The van der Waals surface area contributed by atoms with E-state index in [1.54, 1.807) is 0 Å². The molecular formula is C13H23N5. The quantitative estimate of drug-likeness (QED) is 0.871. The van der Waals surface area contributed by atoms with Crippen LogP contribution in [0.5, 0.6) is 0 Å². The van der Waals surface area contributed by atoms with Gasteiger partial charge in [0.05, 0.1) is 0 Å². The summed E-state index contributed by atoms with van der Waals surface area (Å²) in [4.78, 5) is 13.4. The zero-order chi connectivity index (χ0) is 13.1. The molecule has 0 spiro atoms. The van der Waals surface area contributed by atoms with E-state index < -0.39 is 0 Å². The summed E-state index contributed by atoms with van der Waals surface area (Å²) >= 11 is 0. The van der Waals surface area contributed by atoms with Gasteiger partial charge in [0.15, 0.2) is 0 Å². The first-order chi connectivity index (χ1) is 8.60. The molecule has 0 bridgehead atoms. The third kappa shape index (κ3) is 2.90. The molecule has 1 atom stereocenters. The van der Waals surface area contributed by atoms with Gasteiger partial charge in [0.25, 0.3) is 0 Å². The first kappa shape index (κ1) is 13.1. The van der Waals surface area contributed by atoms with Crippen LogP contribution in [0, 0.1) is 6.92 Å². The number of nitrogens with two attached hydrogens (primary N) is 1. The molecule has 1 unspecified atom stereocenters. The van der Waals surface area contributed by atoms with E-state index in [9.17, 15) is 0 Å². The molecule has 5 nitrogen and oxygen atoms in total. The Labute approximate surface area is 109 Å². The monoisotopic (exact) mass is 249 g/mol. The Balaban J connectivity index is 2.24. The Kier molecular flexibility index (Phi) is 4.01. The molecule has 0 aliphatic carbocycles. The van der Waals surface area contributed by atoms with Crippen LogP contribution in [0.2, 0.25) is 0 Å². The fourth-order valence-corrected chi connectivity index (χ4v) is 2.27. The van der Waals surface area contributed by atoms with Crippen LogP contribution in [-0.2, 0) is 0 Å². The molecular weight excluding hydrogens is 226 g/mol. The van der Waals surface area contributed by atoms with Crippen molar-refractivity contribution in [3.63, 3.8) is 0 Å². The van der Waals surface area contributed by atoms with Crippen LogP contribution < -0.4 is 15.5 Å². The molecule has 2 N–H and O–H groups in total. The lowest BCUT2D eigenvalue weighted by molar-refractivity contribution is 0.502. The second-order valence-corrected chi connectivity index (χ2v) is 4.99. The van der Waals surface area contributed by atoms with Gasteiger partial charge in [0, 0.05) is 38.8 Å². The highest BCUT2D eigenvalue weighted by Crippen LogP contribution is 2.21. The van der Waals surface area contributed by atoms with E-state index in [0.717, 1.165) is 49.9 Å². The molecule has 1 fully saturated rings. The van der Waals surface area contributed by atoms with Crippen LogP contribution in [0.3, 0.4) is 0 Å². The van der Waals surface area contributed by atoms with E-state index in [4.69, 9.17) is 5.73 Å². The normalized spacial score (nSPS) is 20.0. The molecule has 0 aromatic carbocycles. The summed E-state index contributed by atoms with van der Waals surface area (Å²) in [5.41, 5.74) is 6.03. The van der Waals surface area contributed by atoms with E-state index in [0.29, 0.717) is 0 Å². The van der Waals surface area contributed by atoms with Crippen LogP contribution in [0.1, 0.15) is 25.6 Å². The molecule has 2 rings (SSSR count). The van der Waals surface area contributed by atoms with Crippen LogP contribution in [0.4, 0.5) is 11.6 Å².